The van der Waals surface area contributed by atoms with E-state index in [2.05, 4.69) is 26.1 Å². The predicted molar refractivity (Wildman–Crippen MR) is 107 cm³/mol. The van der Waals surface area contributed by atoms with Gasteiger partial charge in [-0.15, -0.1) is 0 Å². The number of carbonyl (C=O) groups excluding carboxylic acids is 1. The van der Waals surface area contributed by atoms with Crippen molar-refractivity contribution < 1.29 is 17.6 Å². The molecule has 2 bridgehead atoms. The van der Waals surface area contributed by atoms with Crippen LogP contribution < -0.4 is 5.32 Å². The van der Waals surface area contributed by atoms with E-state index in [0.717, 1.165) is 25.3 Å². The van der Waals surface area contributed by atoms with Gasteiger partial charge in [-0.05, 0) is 54.2 Å². The molecule has 2 aliphatic carbocycles. The highest BCUT2D eigenvalue weighted by molar-refractivity contribution is 7.89. The maximum absolute atomic E-state index is 14.4. The summed E-state index contributed by atoms with van der Waals surface area (Å²) in [5.41, 5.74) is -0.121. The Hall–Kier alpha value is -1.47. The van der Waals surface area contributed by atoms with E-state index in [0.29, 0.717) is 19.0 Å². The molecule has 2 saturated carbocycles. The van der Waals surface area contributed by atoms with Crippen LogP contribution in [0.15, 0.2) is 23.1 Å². The first-order valence-electron chi connectivity index (χ1n) is 10.1. The highest BCUT2D eigenvalue weighted by atomic mass is 32.2. The molecule has 3 unspecified atom stereocenters. The van der Waals surface area contributed by atoms with Crippen LogP contribution >= 0.6 is 0 Å². The lowest BCUT2D eigenvalue weighted by Crippen LogP contribution is -2.47. The van der Waals surface area contributed by atoms with Gasteiger partial charge in [0.2, 0.25) is 10.0 Å². The minimum atomic E-state index is -3.75. The summed E-state index contributed by atoms with van der Waals surface area (Å²) < 4.78 is 41.2. The van der Waals surface area contributed by atoms with Crippen LogP contribution in [0.4, 0.5) is 4.39 Å². The molecule has 5 nitrogen and oxygen atoms in total. The summed E-state index contributed by atoms with van der Waals surface area (Å²) in [6, 6.07) is 3.43. The Morgan fingerprint density at radius 2 is 1.89 bits per heavy atom. The quantitative estimate of drug-likeness (QED) is 0.776. The molecule has 0 aromatic heterocycles. The number of nitrogens with one attached hydrogen (secondary N) is 1. The Bertz CT molecular complexity index is 880. The second-order valence-corrected chi connectivity index (χ2v) is 10.8. The van der Waals surface area contributed by atoms with Crippen molar-refractivity contribution in [3.63, 3.8) is 0 Å². The number of rotatable bonds is 6. The summed E-state index contributed by atoms with van der Waals surface area (Å²) in [5, 5.41) is 3.01. The molecule has 0 spiro atoms. The van der Waals surface area contributed by atoms with E-state index >= 15 is 0 Å². The van der Waals surface area contributed by atoms with Crippen LogP contribution in [0.3, 0.4) is 0 Å². The average Bonchev–Trinajstić information content (AvgIpc) is 2.96. The molecule has 2 fully saturated rings. The van der Waals surface area contributed by atoms with Gasteiger partial charge in [0.05, 0.1) is 10.5 Å². The van der Waals surface area contributed by atoms with Gasteiger partial charge in [0.15, 0.2) is 0 Å². The Morgan fingerprint density at radius 3 is 2.39 bits per heavy atom. The Balaban J connectivity index is 1.88. The van der Waals surface area contributed by atoms with Crippen molar-refractivity contribution in [2.75, 3.05) is 13.1 Å². The van der Waals surface area contributed by atoms with Crippen molar-refractivity contribution in [3.8, 4) is 0 Å². The number of hydrogen-bond donors (Lipinski definition) is 1. The van der Waals surface area contributed by atoms with Crippen molar-refractivity contribution in [2.45, 2.75) is 64.8 Å². The first-order chi connectivity index (χ1) is 13.0. The fourth-order valence-corrected chi connectivity index (χ4v) is 6.69. The summed E-state index contributed by atoms with van der Waals surface area (Å²) in [5.74, 6) is -0.700. The molecule has 7 heteroatoms. The monoisotopic (exact) mass is 410 g/mol. The molecule has 0 radical (unpaired) electrons. The maximum atomic E-state index is 14.4. The largest absolute Gasteiger partial charge is 0.349 e. The van der Waals surface area contributed by atoms with Crippen LogP contribution in [0, 0.1) is 22.6 Å². The fraction of sp³-hybridized carbons (Fsp3) is 0.667. The predicted octanol–water partition coefficient (Wildman–Crippen LogP) is 3.80. The number of amides is 1. The lowest BCUT2D eigenvalue weighted by Gasteiger charge is -2.39. The second kappa shape index (κ2) is 7.10. The number of hydrogen-bond acceptors (Lipinski definition) is 3. The van der Waals surface area contributed by atoms with Gasteiger partial charge in [-0.25, -0.2) is 12.8 Å². The Labute approximate surface area is 167 Å². The van der Waals surface area contributed by atoms with Crippen LogP contribution in [0.5, 0.6) is 0 Å². The van der Waals surface area contributed by atoms with Crippen molar-refractivity contribution in [1.29, 1.82) is 0 Å². The maximum Gasteiger partial charge on any atom is 0.254 e. The topological polar surface area (TPSA) is 66.5 Å². The number of halogens is 1. The molecule has 1 N–H and O–H groups in total. The van der Waals surface area contributed by atoms with Gasteiger partial charge in [-0.2, -0.15) is 4.31 Å². The van der Waals surface area contributed by atoms with Gasteiger partial charge in [0, 0.05) is 19.1 Å². The first kappa shape index (κ1) is 21.2. The van der Waals surface area contributed by atoms with E-state index < -0.39 is 21.7 Å². The zero-order chi connectivity index (χ0) is 20.9. The lowest BCUT2D eigenvalue weighted by molar-refractivity contribution is 0.0822. The SMILES string of the molecule is CCN(CC)S(=O)(=O)c1ccc(F)c(C(=O)NC2CC3CCC2(C)C3(C)C)c1. The molecule has 1 aromatic rings. The minimum Gasteiger partial charge on any atom is -0.349 e. The smallest absolute Gasteiger partial charge is 0.254 e. The zero-order valence-electron chi connectivity index (χ0n) is 17.4. The third kappa shape index (κ3) is 3.07. The number of nitrogens with zero attached hydrogens (tertiary/aromatic N) is 1. The molecular formula is C21H31FN2O3S. The molecule has 28 heavy (non-hydrogen) atoms. The first-order valence-corrected chi connectivity index (χ1v) is 11.5. The molecule has 0 saturated heterocycles. The molecule has 0 aliphatic heterocycles. The number of carbonyl (C=O) groups is 1. The van der Waals surface area contributed by atoms with Crippen molar-refractivity contribution >= 4 is 15.9 Å². The molecule has 3 atom stereocenters. The number of sulfonamides is 1. The van der Waals surface area contributed by atoms with E-state index in [1.165, 1.54) is 16.4 Å². The summed E-state index contributed by atoms with van der Waals surface area (Å²) in [4.78, 5) is 12.8. The minimum absolute atomic E-state index is 0.0313. The van der Waals surface area contributed by atoms with Gasteiger partial charge < -0.3 is 5.32 Å². The highest BCUT2D eigenvalue weighted by Crippen LogP contribution is 2.65. The Kier molecular flexibility index (Phi) is 5.38. The van der Waals surface area contributed by atoms with E-state index in [1.807, 2.05) is 0 Å². The Morgan fingerprint density at radius 1 is 1.25 bits per heavy atom. The van der Waals surface area contributed by atoms with Gasteiger partial charge in [0.25, 0.3) is 5.91 Å². The molecule has 1 amide bonds. The van der Waals surface area contributed by atoms with Crippen LogP contribution in [0.25, 0.3) is 0 Å². The van der Waals surface area contributed by atoms with Gasteiger partial charge in [-0.1, -0.05) is 34.6 Å². The van der Waals surface area contributed by atoms with Crippen molar-refractivity contribution in [3.05, 3.63) is 29.6 Å². The third-order valence-electron chi connectivity index (χ3n) is 7.62. The second-order valence-electron chi connectivity index (χ2n) is 8.87. The highest BCUT2D eigenvalue weighted by Gasteiger charge is 2.61. The van der Waals surface area contributed by atoms with Crippen LogP contribution in [-0.4, -0.2) is 37.8 Å². The molecule has 3 rings (SSSR count). The normalized spacial score (nSPS) is 28.7. The molecule has 156 valence electrons. The van der Waals surface area contributed by atoms with E-state index in [-0.39, 0.29) is 27.3 Å². The van der Waals surface area contributed by atoms with E-state index in [9.17, 15) is 17.6 Å². The van der Waals surface area contributed by atoms with Gasteiger partial charge >= 0.3 is 0 Å². The van der Waals surface area contributed by atoms with Gasteiger partial charge in [0.1, 0.15) is 5.82 Å². The summed E-state index contributed by atoms with van der Waals surface area (Å²) >= 11 is 0. The number of fused-ring (bicyclic) bond motifs is 2. The summed E-state index contributed by atoms with van der Waals surface area (Å²) in [6.07, 6.45) is 3.07. The van der Waals surface area contributed by atoms with Crippen LogP contribution in [0.2, 0.25) is 0 Å². The third-order valence-corrected chi connectivity index (χ3v) is 9.67. The molecule has 1 aromatic carbocycles. The molecular weight excluding hydrogens is 379 g/mol. The van der Waals surface area contributed by atoms with Crippen LogP contribution in [0.1, 0.15) is 64.2 Å². The van der Waals surface area contributed by atoms with Crippen molar-refractivity contribution in [1.82, 2.24) is 9.62 Å². The van der Waals surface area contributed by atoms with Gasteiger partial charge in [-0.3, -0.25) is 4.79 Å². The van der Waals surface area contributed by atoms with E-state index in [4.69, 9.17) is 0 Å². The van der Waals surface area contributed by atoms with Crippen LogP contribution in [-0.2, 0) is 10.0 Å². The van der Waals surface area contributed by atoms with Crippen molar-refractivity contribution in [2.24, 2.45) is 16.7 Å². The lowest BCUT2D eigenvalue weighted by atomic mass is 9.69. The fourth-order valence-electron chi connectivity index (χ4n) is 5.21. The number of benzene rings is 1. The summed E-state index contributed by atoms with van der Waals surface area (Å²) in [7, 11) is -3.75. The summed E-state index contributed by atoms with van der Waals surface area (Å²) in [6.45, 7) is 10.8. The van der Waals surface area contributed by atoms with E-state index in [1.54, 1.807) is 13.8 Å². The standard InChI is InChI=1S/C21H31FN2O3S/c1-6-24(7-2)28(26,27)15-8-9-17(22)16(13-15)19(25)23-18-12-14-10-11-21(18,5)20(14,3)4/h8-9,13-14,18H,6-7,10-12H2,1-5H3,(H,23,25). The average molecular weight is 411 g/mol. The molecule has 2 aliphatic rings. The zero-order valence-corrected chi connectivity index (χ0v) is 18.2. The molecule has 0 heterocycles.